The molecule has 0 aliphatic rings. The number of methoxy groups -OCH3 is 1. The highest BCUT2D eigenvalue weighted by atomic mass is 16.5. The maximum Gasteiger partial charge on any atom is 0.233 e. The Morgan fingerprint density at radius 1 is 1.60 bits per heavy atom. The van der Waals surface area contributed by atoms with E-state index >= 15 is 0 Å². The average molecular weight is 137 g/mol. The van der Waals surface area contributed by atoms with Crippen molar-refractivity contribution in [1.29, 1.82) is 0 Å². The molecule has 0 aliphatic carbocycles. The van der Waals surface area contributed by atoms with Gasteiger partial charge in [0, 0.05) is 6.07 Å². The molecule has 1 heterocycles. The second-order valence-electron chi connectivity index (χ2n) is 1.82. The first-order chi connectivity index (χ1) is 4.86. The molecule has 1 rings (SSSR count). The van der Waals surface area contributed by atoms with Gasteiger partial charge in [-0.25, -0.2) is 0 Å². The minimum absolute atomic E-state index is 0.551. The largest absolute Gasteiger partial charge is 0.480 e. The first-order valence-electron chi connectivity index (χ1n) is 3.03. The first kappa shape index (κ1) is 6.99. The number of aromatic nitrogens is 2. The summed E-state index contributed by atoms with van der Waals surface area (Å²) in [6.45, 7) is 1.94. The second-order valence-corrected chi connectivity index (χ2v) is 1.82. The molecule has 3 heteroatoms. The Kier molecular flexibility index (Phi) is 2.20. The highest BCUT2D eigenvalue weighted by molar-refractivity contribution is 5.22. The van der Waals surface area contributed by atoms with Crippen LogP contribution in [0, 0.1) is 6.42 Å². The van der Waals surface area contributed by atoms with Crippen molar-refractivity contribution < 1.29 is 4.74 Å². The van der Waals surface area contributed by atoms with Crippen molar-refractivity contribution in [3.8, 4) is 5.88 Å². The molecular weight excluding hydrogens is 128 g/mol. The summed E-state index contributed by atoms with van der Waals surface area (Å²) in [6.07, 6.45) is 3.62. The van der Waals surface area contributed by atoms with E-state index in [0.29, 0.717) is 5.88 Å². The molecule has 1 aromatic heterocycles. The van der Waals surface area contributed by atoms with Crippen LogP contribution in [0.4, 0.5) is 0 Å². The standard InChI is InChI=1S/C7H9N2O/c1-3-6-4-7(10-2)9-8-5-6/h3-5H,1-2H3. The van der Waals surface area contributed by atoms with Gasteiger partial charge < -0.3 is 4.74 Å². The van der Waals surface area contributed by atoms with Gasteiger partial charge >= 0.3 is 0 Å². The van der Waals surface area contributed by atoms with Gasteiger partial charge in [0.1, 0.15) is 0 Å². The third-order valence-electron chi connectivity index (χ3n) is 1.20. The lowest BCUT2D eigenvalue weighted by atomic mass is 10.2. The van der Waals surface area contributed by atoms with Gasteiger partial charge in [-0.15, -0.1) is 5.10 Å². The van der Waals surface area contributed by atoms with Crippen LogP contribution in [0.2, 0.25) is 0 Å². The lowest BCUT2D eigenvalue weighted by Gasteiger charge is -1.97. The predicted molar refractivity (Wildman–Crippen MR) is 37.7 cm³/mol. The molecule has 0 amide bonds. The van der Waals surface area contributed by atoms with Crippen LogP contribution in [0.15, 0.2) is 12.3 Å². The maximum atomic E-state index is 4.86. The van der Waals surface area contributed by atoms with Crippen molar-refractivity contribution in [1.82, 2.24) is 10.2 Å². The molecule has 0 saturated heterocycles. The maximum absolute atomic E-state index is 4.86. The Bertz CT molecular complexity index is 193. The van der Waals surface area contributed by atoms with Gasteiger partial charge in [0.2, 0.25) is 5.88 Å². The molecule has 0 aliphatic heterocycles. The summed E-state index contributed by atoms with van der Waals surface area (Å²) >= 11 is 0. The molecular formula is C7H9N2O. The zero-order valence-electron chi connectivity index (χ0n) is 6.03. The molecule has 1 aromatic rings. The van der Waals surface area contributed by atoms with E-state index in [9.17, 15) is 0 Å². The normalized spacial score (nSPS) is 9.40. The van der Waals surface area contributed by atoms with Gasteiger partial charge in [0.25, 0.3) is 0 Å². The summed E-state index contributed by atoms with van der Waals surface area (Å²) in [6, 6.07) is 1.83. The third-order valence-corrected chi connectivity index (χ3v) is 1.20. The van der Waals surface area contributed by atoms with E-state index in [4.69, 9.17) is 4.74 Å². The Morgan fingerprint density at radius 3 is 3.00 bits per heavy atom. The summed E-state index contributed by atoms with van der Waals surface area (Å²) in [7, 11) is 1.57. The Hall–Kier alpha value is -1.12. The monoisotopic (exact) mass is 137 g/mol. The molecule has 1 radical (unpaired) electrons. The van der Waals surface area contributed by atoms with Crippen LogP contribution in [-0.4, -0.2) is 17.3 Å². The summed E-state index contributed by atoms with van der Waals surface area (Å²) in [5, 5.41) is 7.43. The van der Waals surface area contributed by atoms with Crippen LogP contribution >= 0.6 is 0 Å². The van der Waals surface area contributed by atoms with E-state index in [1.165, 1.54) is 0 Å². The molecule has 0 N–H and O–H groups in total. The summed E-state index contributed by atoms with van der Waals surface area (Å²) in [4.78, 5) is 0. The molecule has 0 atom stereocenters. The van der Waals surface area contributed by atoms with Gasteiger partial charge in [-0.05, 0) is 12.0 Å². The van der Waals surface area contributed by atoms with E-state index in [0.717, 1.165) is 5.56 Å². The zero-order chi connectivity index (χ0) is 7.40. The van der Waals surface area contributed by atoms with E-state index < -0.39 is 0 Å². The van der Waals surface area contributed by atoms with Crippen LogP contribution in [0.5, 0.6) is 5.88 Å². The number of ether oxygens (including phenoxy) is 1. The van der Waals surface area contributed by atoms with Gasteiger partial charge in [0.15, 0.2) is 0 Å². The van der Waals surface area contributed by atoms with Crippen LogP contribution in [0.25, 0.3) is 0 Å². The summed E-state index contributed by atoms with van der Waals surface area (Å²) in [5.41, 5.74) is 1.02. The summed E-state index contributed by atoms with van der Waals surface area (Å²) in [5.74, 6) is 0.551. The van der Waals surface area contributed by atoms with E-state index in [1.54, 1.807) is 13.3 Å². The van der Waals surface area contributed by atoms with E-state index in [-0.39, 0.29) is 0 Å². The molecule has 3 nitrogen and oxygen atoms in total. The lowest BCUT2D eigenvalue weighted by molar-refractivity contribution is 0.391. The van der Waals surface area contributed by atoms with Crippen LogP contribution in [0.1, 0.15) is 12.5 Å². The van der Waals surface area contributed by atoms with Gasteiger partial charge in [-0.2, -0.15) is 5.10 Å². The third kappa shape index (κ3) is 1.43. The summed E-state index contributed by atoms with van der Waals surface area (Å²) < 4.78 is 4.86. The zero-order valence-corrected chi connectivity index (χ0v) is 6.03. The minimum Gasteiger partial charge on any atom is -0.480 e. The number of hydrogen-bond donors (Lipinski definition) is 0. The van der Waals surface area contributed by atoms with Crippen molar-refractivity contribution in [2.75, 3.05) is 7.11 Å². The number of hydrogen-bond acceptors (Lipinski definition) is 3. The fourth-order valence-corrected chi connectivity index (χ4v) is 0.619. The molecule has 0 spiro atoms. The Morgan fingerprint density at radius 2 is 2.40 bits per heavy atom. The van der Waals surface area contributed by atoms with Crippen molar-refractivity contribution in [3.63, 3.8) is 0 Å². The second kappa shape index (κ2) is 3.15. The van der Waals surface area contributed by atoms with Gasteiger partial charge in [-0.1, -0.05) is 6.92 Å². The van der Waals surface area contributed by atoms with Crippen molar-refractivity contribution in [3.05, 3.63) is 24.2 Å². The molecule has 0 bridgehead atoms. The topological polar surface area (TPSA) is 35.0 Å². The van der Waals surface area contributed by atoms with E-state index in [2.05, 4.69) is 10.2 Å². The quantitative estimate of drug-likeness (QED) is 0.611. The van der Waals surface area contributed by atoms with Crippen molar-refractivity contribution in [2.45, 2.75) is 6.92 Å². The predicted octanol–water partition coefficient (Wildman–Crippen LogP) is 1.06. The van der Waals surface area contributed by atoms with Crippen molar-refractivity contribution in [2.24, 2.45) is 0 Å². The molecule has 10 heavy (non-hydrogen) atoms. The molecule has 0 aromatic carbocycles. The smallest absolute Gasteiger partial charge is 0.233 e. The van der Waals surface area contributed by atoms with E-state index in [1.807, 2.05) is 19.4 Å². The van der Waals surface area contributed by atoms with Gasteiger partial charge in [-0.3, -0.25) is 0 Å². The molecule has 0 unspecified atom stereocenters. The van der Waals surface area contributed by atoms with Crippen LogP contribution in [-0.2, 0) is 0 Å². The molecule has 0 saturated carbocycles. The molecule has 53 valence electrons. The fourth-order valence-electron chi connectivity index (χ4n) is 0.619. The fraction of sp³-hybridized carbons (Fsp3) is 0.286. The van der Waals surface area contributed by atoms with Crippen LogP contribution < -0.4 is 4.74 Å². The average Bonchev–Trinajstić information content (AvgIpc) is 2.05. The Labute approximate surface area is 60.0 Å². The van der Waals surface area contributed by atoms with Gasteiger partial charge in [0.05, 0.1) is 13.3 Å². The highest BCUT2D eigenvalue weighted by Crippen LogP contribution is 2.07. The SMILES string of the molecule is C[CH]c1cnnc(OC)c1. The minimum atomic E-state index is 0.551. The van der Waals surface area contributed by atoms with Crippen LogP contribution in [0.3, 0.4) is 0 Å². The first-order valence-corrected chi connectivity index (χ1v) is 3.03. The Balaban J connectivity index is 2.87. The van der Waals surface area contributed by atoms with Crippen molar-refractivity contribution >= 4 is 0 Å². The number of nitrogens with zero attached hydrogens (tertiary/aromatic N) is 2. The molecule has 0 fully saturated rings. The highest BCUT2D eigenvalue weighted by Gasteiger charge is 1.93. The lowest BCUT2D eigenvalue weighted by Crippen LogP contribution is -1.91. The number of rotatable bonds is 2.